The van der Waals surface area contributed by atoms with Gasteiger partial charge in [0.25, 0.3) is 0 Å². The second kappa shape index (κ2) is 4.56. The summed E-state index contributed by atoms with van der Waals surface area (Å²) in [5.74, 6) is 0. The average molecular weight is 220 g/mol. The average Bonchev–Trinajstić information content (AvgIpc) is 2.08. The molecule has 0 aliphatic rings. The summed E-state index contributed by atoms with van der Waals surface area (Å²) in [6.07, 6.45) is 0. The lowest BCUT2D eigenvalue weighted by atomic mass is 9.84. The largest absolute Gasteiger partial charge is 0.324 e. The first-order chi connectivity index (χ1) is 7.27. The molecule has 1 aromatic rings. The Hall–Kier alpha value is -0.860. The highest BCUT2D eigenvalue weighted by Gasteiger charge is 2.27. The Morgan fingerprint density at radius 3 is 1.88 bits per heavy atom. The maximum absolute atomic E-state index is 6.24. The van der Waals surface area contributed by atoms with Crippen molar-refractivity contribution in [2.45, 2.75) is 46.2 Å². The van der Waals surface area contributed by atoms with E-state index < -0.39 is 0 Å². The SMILES string of the molecule is CNC(c1c(C)cc(C)cc1C)C(C)(C)N. The number of rotatable bonds is 3. The van der Waals surface area contributed by atoms with Crippen LogP contribution in [0.5, 0.6) is 0 Å². The third-order valence-electron chi connectivity index (χ3n) is 3.06. The first-order valence-electron chi connectivity index (χ1n) is 5.81. The molecule has 3 N–H and O–H groups in total. The number of likely N-dealkylation sites (N-methyl/N-ethyl adjacent to an activating group) is 1. The van der Waals surface area contributed by atoms with Gasteiger partial charge in [-0.25, -0.2) is 0 Å². The van der Waals surface area contributed by atoms with Crippen LogP contribution in [0.3, 0.4) is 0 Å². The molecule has 90 valence electrons. The van der Waals surface area contributed by atoms with E-state index in [9.17, 15) is 0 Å². The number of nitrogens with one attached hydrogen (secondary N) is 1. The van der Waals surface area contributed by atoms with E-state index in [4.69, 9.17) is 5.73 Å². The summed E-state index contributed by atoms with van der Waals surface area (Å²) >= 11 is 0. The predicted molar refractivity (Wildman–Crippen MR) is 70.7 cm³/mol. The van der Waals surface area contributed by atoms with Gasteiger partial charge in [-0.05, 0) is 58.4 Å². The van der Waals surface area contributed by atoms with Crippen molar-refractivity contribution in [2.24, 2.45) is 5.73 Å². The third kappa shape index (κ3) is 2.63. The van der Waals surface area contributed by atoms with Crippen LogP contribution >= 0.6 is 0 Å². The minimum absolute atomic E-state index is 0.188. The van der Waals surface area contributed by atoms with Gasteiger partial charge in [0.15, 0.2) is 0 Å². The zero-order valence-corrected chi connectivity index (χ0v) is 11.3. The van der Waals surface area contributed by atoms with Crippen molar-refractivity contribution in [3.05, 3.63) is 34.4 Å². The first kappa shape index (κ1) is 13.2. The molecule has 0 aliphatic heterocycles. The van der Waals surface area contributed by atoms with E-state index in [0.29, 0.717) is 0 Å². The van der Waals surface area contributed by atoms with Gasteiger partial charge in [0, 0.05) is 11.6 Å². The topological polar surface area (TPSA) is 38.0 Å². The minimum atomic E-state index is -0.264. The van der Waals surface area contributed by atoms with Gasteiger partial charge in [0.1, 0.15) is 0 Å². The Bertz CT molecular complexity index is 352. The molecule has 0 spiro atoms. The van der Waals surface area contributed by atoms with E-state index in [-0.39, 0.29) is 11.6 Å². The summed E-state index contributed by atoms with van der Waals surface area (Å²) in [6.45, 7) is 10.6. The van der Waals surface area contributed by atoms with Crippen molar-refractivity contribution in [3.8, 4) is 0 Å². The van der Waals surface area contributed by atoms with Gasteiger partial charge in [-0.2, -0.15) is 0 Å². The maximum Gasteiger partial charge on any atom is 0.0500 e. The van der Waals surface area contributed by atoms with Gasteiger partial charge < -0.3 is 11.1 Å². The van der Waals surface area contributed by atoms with Crippen molar-refractivity contribution in [2.75, 3.05) is 7.05 Å². The number of hydrogen-bond donors (Lipinski definition) is 2. The summed E-state index contributed by atoms with van der Waals surface area (Å²) < 4.78 is 0. The maximum atomic E-state index is 6.24. The molecular weight excluding hydrogens is 196 g/mol. The van der Waals surface area contributed by atoms with Gasteiger partial charge in [-0.15, -0.1) is 0 Å². The van der Waals surface area contributed by atoms with Crippen LogP contribution < -0.4 is 11.1 Å². The molecular formula is C14H24N2. The molecule has 0 aromatic heterocycles. The lowest BCUT2D eigenvalue weighted by molar-refractivity contribution is 0.367. The van der Waals surface area contributed by atoms with Crippen molar-refractivity contribution < 1.29 is 0 Å². The van der Waals surface area contributed by atoms with Crippen molar-refractivity contribution in [3.63, 3.8) is 0 Å². The zero-order valence-electron chi connectivity index (χ0n) is 11.3. The van der Waals surface area contributed by atoms with Gasteiger partial charge in [-0.1, -0.05) is 17.7 Å². The Kier molecular flexibility index (Phi) is 3.76. The van der Waals surface area contributed by atoms with Crippen LogP contribution in [0.4, 0.5) is 0 Å². The van der Waals surface area contributed by atoms with Crippen LogP contribution in [-0.2, 0) is 0 Å². The molecule has 16 heavy (non-hydrogen) atoms. The normalized spacial score (nSPS) is 13.9. The van der Waals surface area contributed by atoms with E-state index in [1.54, 1.807) is 0 Å². The molecule has 0 aliphatic carbocycles. The van der Waals surface area contributed by atoms with E-state index in [1.165, 1.54) is 22.3 Å². The van der Waals surface area contributed by atoms with Crippen molar-refractivity contribution in [1.29, 1.82) is 0 Å². The van der Waals surface area contributed by atoms with Gasteiger partial charge in [0.2, 0.25) is 0 Å². The molecule has 0 bridgehead atoms. The highest BCUT2D eigenvalue weighted by molar-refractivity contribution is 5.41. The molecule has 0 radical (unpaired) electrons. The fourth-order valence-electron chi connectivity index (χ4n) is 2.53. The van der Waals surface area contributed by atoms with E-state index in [1.807, 2.05) is 7.05 Å². The monoisotopic (exact) mass is 220 g/mol. The lowest BCUT2D eigenvalue weighted by Gasteiger charge is -2.33. The van der Waals surface area contributed by atoms with E-state index in [0.717, 1.165) is 0 Å². The molecule has 1 aromatic carbocycles. The molecule has 1 atom stereocenters. The molecule has 0 heterocycles. The highest BCUT2D eigenvalue weighted by atomic mass is 15.0. The molecule has 0 saturated heterocycles. The standard InChI is InChI=1S/C14H24N2/c1-9-7-10(2)12(11(3)8-9)13(16-6)14(4,5)15/h7-8,13,16H,15H2,1-6H3. The molecule has 1 unspecified atom stereocenters. The van der Waals surface area contributed by atoms with Crippen LogP contribution in [0.2, 0.25) is 0 Å². The quantitative estimate of drug-likeness (QED) is 0.821. The predicted octanol–water partition coefficient (Wildman–Crippen LogP) is 2.61. The smallest absolute Gasteiger partial charge is 0.0500 e. The van der Waals surface area contributed by atoms with E-state index in [2.05, 4.69) is 52.1 Å². The Morgan fingerprint density at radius 2 is 1.56 bits per heavy atom. The minimum Gasteiger partial charge on any atom is -0.324 e. The Morgan fingerprint density at radius 1 is 1.12 bits per heavy atom. The number of hydrogen-bond acceptors (Lipinski definition) is 2. The van der Waals surface area contributed by atoms with Crippen LogP contribution in [0.25, 0.3) is 0 Å². The van der Waals surface area contributed by atoms with Crippen molar-refractivity contribution >= 4 is 0 Å². The molecule has 1 rings (SSSR count). The first-order valence-corrected chi connectivity index (χ1v) is 5.81. The fourth-order valence-corrected chi connectivity index (χ4v) is 2.53. The Balaban J connectivity index is 3.31. The van der Waals surface area contributed by atoms with Gasteiger partial charge in [0.05, 0.1) is 0 Å². The highest BCUT2D eigenvalue weighted by Crippen LogP contribution is 2.29. The second-order valence-electron chi connectivity index (χ2n) is 5.36. The zero-order chi connectivity index (χ0) is 12.5. The van der Waals surface area contributed by atoms with Crippen LogP contribution in [0.1, 0.15) is 42.1 Å². The lowest BCUT2D eigenvalue weighted by Crippen LogP contribution is -2.45. The van der Waals surface area contributed by atoms with Crippen LogP contribution in [-0.4, -0.2) is 12.6 Å². The van der Waals surface area contributed by atoms with Crippen molar-refractivity contribution in [1.82, 2.24) is 5.32 Å². The number of nitrogens with two attached hydrogens (primary N) is 1. The van der Waals surface area contributed by atoms with Gasteiger partial charge >= 0.3 is 0 Å². The molecule has 2 heteroatoms. The summed E-state index contributed by atoms with van der Waals surface area (Å²) in [5, 5.41) is 3.33. The summed E-state index contributed by atoms with van der Waals surface area (Å²) in [6, 6.07) is 4.63. The molecule has 0 amide bonds. The van der Waals surface area contributed by atoms with Crippen LogP contribution in [0, 0.1) is 20.8 Å². The van der Waals surface area contributed by atoms with Gasteiger partial charge in [-0.3, -0.25) is 0 Å². The number of benzene rings is 1. The summed E-state index contributed by atoms with van der Waals surface area (Å²) in [5.41, 5.74) is 11.2. The van der Waals surface area contributed by atoms with E-state index >= 15 is 0 Å². The second-order valence-corrected chi connectivity index (χ2v) is 5.36. The third-order valence-corrected chi connectivity index (χ3v) is 3.06. The Labute approximate surface area is 99.2 Å². The molecule has 0 fully saturated rings. The molecule has 2 nitrogen and oxygen atoms in total. The fraction of sp³-hybridized carbons (Fsp3) is 0.571. The number of aryl methyl sites for hydroxylation is 3. The summed E-state index contributed by atoms with van der Waals surface area (Å²) in [4.78, 5) is 0. The van der Waals surface area contributed by atoms with Crippen LogP contribution in [0.15, 0.2) is 12.1 Å². The summed E-state index contributed by atoms with van der Waals surface area (Å²) in [7, 11) is 1.97. The molecule has 0 saturated carbocycles.